The molecule has 31 heavy (non-hydrogen) atoms. The van der Waals surface area contributed by atoms with Gasteiger partial charge in [0, 0.05) is 23.6 Å². The molecule has 0 amide bonds. The first-order chi connectivity index (χ1) is 14.5. The summed E-state index contributed by atoms with van der Waals surface area (Å²) in [5, 5.41) is 20.4. The lowest BCUT2D eigenvalue weighted by atomic mass is 10.0. The summed E-state index contributed by atoms with van der Waals surface area (Å²) in [4.78, 5) is 15.2. The van der Waals surface area contributed by atoms with E-state index in [0.29, 0.717) is 5.69 Å². The smallest absolute Gasteiger partial charge is 0.389 e. The number of carboxylic acids is 1. The van der Waals surface area contributed by atoms with E-state index in [4.69, 9.17) is 21.7 Å². The lowest BCUT2D eigenvalue weighted by molar-refractivity contribution is -0.136. The van der Waals surface area contributed by atoms with E-state index in [9.17, 15) is 27.5 Å². The predicted octanol–water partition coefficient (Wildman–Crippen LogP) is 5.82. The number of aromatic nitrogens is 1. The predicted molar refractivity (Wildman–Crippen MR) is 106 cm³/mol. The second kappa shape index (κ2) is 9.09. The minimum atomic E-state index is -4.27. The highest BCUT2D eigenvalue weighted by molar-refractivity contribution is 6.32. The van der Waals surface area contributed by atoms with E-state index >= 15 is 0 Å². The maximum atomic E-state index is 14.2. The van der Waals surface area contributed by atoms with Gasteiger partial charge in [-0.05, 0) is 37.5 Å². The average molecular weight is 460 g/mol. The maximum Gasteiger partial charge on any atom is 0.389 e. The van der Waals surface area contributed by atoms with Gasteiger partial charge in [0.05, 0.1) is 29.7 Å². The van der Waals surface area contributed by atoms with E-state index in [1.54, 1.807) is 0 Å². The topological polar surface area (TPSA) is 95.3 Å². The number of aromatic carboxylic acids is 1. The maximum absolute atomic E-state index is 14.2. The molecule has 1 fully saturated rings. The highest BCUT2D eigenvalue weighted by atomic mass is 35.5. The van der Waals surface area contributed by atoms with Crippen LogP contribution in [-0.2, 0) is 0 Å². The van der Waals surface area contributed by atoms with Crippen LogP contribution in [0.4, 0.5) is 28.9 Å². The molecular formula is C20H18ClF4N3O3. The van der Waals surface area contributed by atoms with Gasteiger partial charge in [-0.1, -0.05) is 11.6 Å². The van der Waals surface area contributed by atoms with Crippen LogP contribution in [0.2, 0.25) is 5.02 Å². The van der Waals surface area contributed by atoms with Crippen molar-refractivity contribution < 1.29 is 32.2 Å². The largest absolute Gasteiger partial charge is 0.478 e. The minimum absolute atomic E-state index is 0.0122. The van der Waals surface area contributed by atoms with Gasteiger partial charge in [0.15, 0.2) is 0 Å². The van der Waals surface area contributed by atoms with Crippen molar-refractivity contribution >= 4 is 34.7 Å². The van der Waals surface area contributed by atoms with Gasteiger partial charge in [0.1, 0.15) is 10.8 Å². The molecule has 6 nitrogen and oxygen atoms in total. The van der Waals surface area contributed by atoms with Crippen molar-refractivity contribution in [1.29, 1.82) is 5.41 Å². The van der Waals surface area contributed by atoms with Crippen molar-refractivity contribution in [3.8, 4) is 5.88 Å². The third-order valence-electron chi connectivity index (χ3n) is 4.54. The van der Waals surface area contributed by atoms with Crippen molar-refractivity contribution in [2.75, 3.05) is 11.9 Å². The number of nitrogens with zero attached hydrogens (tertiary/aromatic N) is 1. The summed E-state index contributed by atoms with van der Waals surface area (Å²) < 4.78 is 55.9. The quantitative estimate of drug-likeness (QED) is 0.250. The van der Waals surface area contributed by atoms with Gasteiger partial charge in [-0.15, -0.1) is 0 Å². The lowest BCUT2D eigenvalue weighted by Crippen LogP contribution is -2.11. The summed E-state index contributed by atoms with van der Waals surface area (Å²) >= 11 is 6.08. The number of carbonyl (C=O) groups is 1. The molecule has 0 saturated heterocycles. The van der Waals surface area contributed by atoms with Crippen LogP contribution in [0.1, 0.15) is 41.6 Å². The van der Waals surface area contributed by atoms with Crippen LogP contribution in [0, 0.1) is 17.1 Å². The number of ether oxygens (including phenoxy) is 1. The van der Waals surface area contributed by atoms with Gasteiger partial charge >= 0.3 is 12.1 Å². The molecule has 11 heteroatoms. The highest BCUT2D eigenvalue weighted by Gasteiger charge is 2.30. The SMILES string of the molecule is N=C(c1cc(C(=O)O)c(F)cc1Nc1cnc(OCCCC(F)(F)F)c(Cl)c1)C1CC1. The van der Waals surface area contributed by atoms with Crippen LogP contribution in [0.15, 0.2) is 24.4 Å². The zero-order valence-corrected chi connectivity index (χ0v) is 16.8. The van der Waals surface area contributed by atoms with E-state index in [0.717, 1.165) is 25.0 Å². The zero-order chi connectivity index (χ0) is 22.8. The van der Waals surface area contributed by atoms with Crippen molar-refractivity contribution in [2.24, 2.45) is 5.92 Å². The van der Waals surface area contributed by atoms with E-state index in [1.165, 1.54) is 12.3 Å². The van der Waals surface area contributed by atoms with Crippen LogP contribution >= 0.6 is 11.6 Å². The highest BCUT2D eigenvalue weighted by Crippen LogP contribution is 2.37. The minimum Gasteiger partial charge on any atom is -0.478 e. The number of rotatable bonds is 9. The molecule has 1 aromatic heterocycles. The number of hydrogen-bond donors (Lipinski definition) is 3. The molecule has 0 atom stereocenters. The fourth-order valence-corrected chi connectivity index (χ4v) is 3.07. The van der Waals surface area contributed by atoms with Gasteiger partial charge < -0.3 is 20.6 Å². The van der Waals surface area contributed by atoms with Crippen LogP contribution in [-0.4, -0.2) is 34.6 Å². The van der Waals surface area contributed by atoms with Gasteiger partial charge in [-0.25, -0.2) is 14.2 Å². The fraction of sp³-hybridized carbons (Fsp3) is 0.350. The van der Waals surface area contributed by atoms with Crippen molar-refractivity contribution in [1.82, 2.24) is 4.98 Å². The Kier molecular flexibility index (Phi) is 6.68. The summed E-state index contributed by atoms with van der Waals surface area (Å²) in [6.45, 7) is -0.219. The van der Waals surface area contributed by atoms with Crippen molar-refractivity contribution in [3.05, 3.63) is 46.4 Å². The third-order valence-corrected chi connectivity index (χ3v) is 4.81. The Hall–Kier alpha value is -2.88. The Morgan fingerprint density at radius 3 is 2.58 bits per heavy atom. The summed E-state index contributed by atoms with van der Waals surface area (Å²) in [6.07, 6.45) is -2.62. The molecule has 166 valence electrons. The number of anilines is 2. The van der Waals surface area contributed by atoms with Gasteiger partial charge in [-0.2, -0.15) is 13.2 Å². The molecule has 1 saturated carbocycles. The number of nitrogens with one attached hydrogen (secondary N) is 2. The molecule has 1 aliphatic rings. The summed E-state index contributed by atoms with van der Waals surface area (Å²) in [5.41, 5.74) is 0.402. The second-order valence-electron chi connectivity index (χ2n) is 7.07. The van der Waals surface area contributed by atoms with E-state index in [2.05, 4.69) is 10.3 Å². The molecular weight excluding hydrogens is 442 g/mol. The van der Waals surface area contributed by atoms with E-state index < -0.39 is 29.9 Å². The number of halogens is 5. The zero-order valence-electron chi connectivity index (χ0n) is 16.0. The van der Waals surface area contributed by atoms with Crippen molar-refractivity contribution in [2.45, 2.75) is 31.9 Å². The number of alkyl halides is 3. The van der Waals surface area contributed by atoms with Crippen LogP contribution in [0.3, 0.4) is 0 Å². The molecule has 1 aliphatic carbocycles. The summed E-state index contributed by atoms with van der Waals surface area (Å²) in [5.74, 6) is -2.47. The van der Waals surface area contributed by atoms with Crippen LogP contribution < -0.4 is 10.1 Å². The Bertz CT molecular complexity index is 1010. The molecule has 1 aromatic carbocycles. The molecule has 1 heterocycles. The van der Waals surface area contributed by atoms with Crippen molar-refractivity contribution in [3.63, 3.8) is 0 Å². The normalized spacial score (nSPS) is 13.7. The molecule has 0 unspecified atom stereocenters. The molecule has 3 N–H and O–H groups in total. The Balaban J connectivity index is 1.77. The Morgan fingerprint density at radius 1 is 1.29 bits per heavy atom. The number of carboxylic acid groups (broad SMARTS) is 1. The van der Waals surface area contributed by atoms with Gasteiger partial charge in [0.25, 0.3) is 0 Å². The standard InChI is InChI=1S/C20H18ClF4N3O3/c21-14-6-11(9-27-18(14)31-5-1-4-20(23,24)25)28-16-8-15(22)12(19(29)30)7-13(16)17(26)10-2-3-10/h6-10,26,28H,1-5H2,(H,29,30). The van der Waals surface area contributed by atoms with Gasteiger partial charge in [-0.3, -0.25) is 0 Å². The number of hydrogen-bond acceptors (Lipinski definition) is 5. The summed E-state index contributed by atoms with van der Waals surface area (Å²) in [7, 11) is 0. The monoisotopic (exact) mass is 459 g/mol. The Labute approximate surface area is 179 Å². The first-order valence-corrected chi connectivity index (χ1v) is 9.70. The fourth-order valence-electron chi connectivity index (χ4n) is 2.85. The van der Waals surface area contributed by atoms with E-state index in [1.807, 2.05) is 0 Å². The third kappa shape index (κ3) is 6.06. The summed E-state index contributed by atoms with van der Waals surface area (Å²) in [6, 6.07) is 3.50. The molecule has 3 rings (SSSR count). The molecule has 0 radical (unpaired) electrons. The molecule has 0 bridgehead atoms. The molecule has 0 aliphatic heterocycles. The lowest BCUT2D eigenvalue weighted by Gasteiger charge is -2.15. The van der Waals surface area contributed by atoms with Crippen LogP contribution in [0.5, 0.6) is 5.88 Å². The Morgan fingerprint density at radius 2 is 2.00 bits per heavy atom. The average Bonchev–Trinajstić information content (AvgIpc) is 3.50. The first-order valence-electron chi connectivity index (χ1n) is 9.33. The molecule has 0 spiro atoms. The van der Waals surface area contributed by atoms with Crippen LogP contribution in [0.25, 0.3) is 0 Å². The first kappa shape index (κ1) is 22.8. The molecule has 2 aromatic rings. The van der Waals surface area contributed by atoms with E-state index in [-0.39, 0.29) is 46.8 Å². The number of pyridine rings is 1. The second-order valence-corrected chi connectivity index (χ2v) is 7.48. The van der Waals surface area contributed by atoms with Gasteiger partial charge in [0.2, 0.25) is 5.88 Å². The number of benzene rings is 1.